The predicted molar refractivity (Wildman–Crippen MR) is 91.0 cm³/mol. The van der Waals surface area contributed by atoms with Gasteiger partial charge < -0.3 is 5.32 Å². The lowest BCUT2D eigenvalue weighted by Gasteiger charge is -2.22. The quantitative estimate of drug-likeness (QED) is 0.890. The summed E-state index contributed by atoms with van der Waals surface area (Å²) >= 11 is 0. The van der Waals surface area contributed by atoms with Gasteiger partial charge in [-0.05, 0) is 38.9 Å². The fraction of sp³-hybridized carbons (Fsp3) is 0.389. The maximum atomic E-state index is 12.1. The first-order valence-corrected chi connectivity index (χ1v) is 7.81. The van der Waals surface area contributed by atoms with Gasteiger partial charge in [0.2, 0.25) is 0 Å². The number of amides is 1. The van der Waals surface area contributed by atoms with Gasteiger partial charge in [-0.1, -0.05) is 24.3 Å². The molecule has 1 amide bonds. The van der Waals surface area contributed by atoms with E-state index in [1.54, 1.807) is 6.20 Å². The molecular formula is C18H24N4O. The topological polar surface area (TPSA) is 58.1 Å². The molecule has 0 aliphatic carbocycles. The number of carbonyl (C=O) groups excluding carboxylic acids is 1. The summed E-state index contributed by atoms with van der Waals surface area (Å²) in [7, 11) is 2.10. The van der Waals surface area contributed by atoms with Crippen molar-refractivity contribution in [3.8, 4) is 0 Å². The number of hydrogen-bond donors (Lipinski definition) is 1. The first kappa shape index (κ1) is 17.1. The fourth-order valence-corrected chi connectivity index (χ4v) is 2.11. The Morgan fingerprint density at radius 2 is 1.87 bits per heavy atom. The molecule has 1 N–H and O–H groups in total. The summed E-state index contributed by atoms with van der Waals surface area (Å²) < 4.78 is 0. The lowest BCUT2D eigenvalue weighted by molar-refractivity contribution is 0.0945. The van der Waals surface area contributed by atoms with E-state index < -0.39 is 0 Å². The van der Waals surface area contributed by atoms with E-state index >= 15 is 0 Å². The number of hydrogen-bond acceptors (Lipinski definition) is 4. The van der Waals surface area contributed by atoms with E-state index in [9.17, 15) is 4.79 Å². The van der Waals surface area contributed by atoms with E-state index in [0.717, 1.165) is 17.8 Å². The van der Waals surface area contributed by atoms with Gasteiger partial charge in [0.05, 0.1) is 11.9 Å². The molecule has 1 aromatic carbocycles. The molecule has 5 nitrogen and oxygen atoms in total. The predicted octanol–water partition coefficient (Wildman–Crippen LogP) is 2.56. The Balaban J connectivity index is 2.03. The fourth-order valence-electron chi connectivity index (χ4n) is 2.11. The molecule has 0 saturated heterocycles. The van der Waals surface area contributed by atoms with Crippen molar-refractivity contribution in [2.45, 2.75) is 39.9 Å². The van der Waals surface area contributed by atoms with Crippen LogP contribution in [0, 0.1) is 6.92 Å². The Bertz CT molecular complexity index is 652. The molecular weight excluding hydrogens is 288 g/mol. The number of aryl methyl sites for hydroxylation is 1. The Morgan fingerprint density at radius 3 is 2.48 bits per heavy atom. The molecule has 0 aliphatic heterocycles. The van der Waals surface area contributed by atoms with E-state index in [1.807, 2.05) is 25.1 Å². The third kappa shape index (κ3) is 4.86. The summed E-state index contributed by atoms with van der Waals surface area (Å²) in [5, 5.41) is 2.92. The van der Waals surface area contributed by atoms with Crippen LogP contribution in [0.15, 0.2) is 36.7 Å². The highest BCUT2D eigenvalue weighted by molar-refractivity contribution is 5.91. The lowest BCUT2D eigenvalue weighted by atomic mass is 10.1. The van der Waals surface area contributed by atoms with Crippen LogP contribution >= 0.6 is 0 Å². The molecule has 1 aromatic heterocycles. The van der Waals surface area contributed by atoms with Crippen LogP contribution in [0.3, 0.4) is 0 Å². The van der Waals surface area contributed by atoms with Crippen LogP contribution in [0.5, 0.6) is 0 Å². The number of carbonyl (C=O) groups is 1. The largest absolute Gasteiger partial charge is 0.347 e. The Morgan fingerprint density at radius 1 is 1.17 bits per heavy atom. The summed E-state index contributed by atoms with van der Waals surface area (Å²) in [4.78, 5) is 22.6. The van der Waals surface area contributed by atoms with Gasteiger partial charge >= 0.3 is 0 Å². The van der Waals surface area contributed by atoms with Crippen LogP contribution < -0.4 is 5.32 Å². The number of aromatic nitrogens is 2. The number of nitrogens with zero attached hydrogens (tertiary/aromatic N) is 3. The van der Waals surface area contributed by atoms with Crippen molar-refractivity contribution in [3.63, 3.8) is 0 Å². The van der Waals surface area contributed by atoms with E-state index in [0.29, 0.717) is 18.3 Å². The molecule has 0 unspecified atom stereocenters. The zero-order valence-electron chi connectivity index (χ0n) is 14.2. The van der Waals surface area contributed by atoms with Crippen LogP contribution in [0.2, 0.25) is 0 Å². The molecule has 0 fully saturated rings. The minimum atomic E-state index is -0.204. The maximum Gasteiger partial charge on any atom is 0.271 e. The molecule has 23 heavy (non-hydrogen) atoms. The summed E-state index contributed by atoms with van der Waals surface area (Å²) in [5.41, 5.74) is 3.48. The maximum absolute atomic E-state index is 12.1. The molecule has 0 atom stereocenters. The van der Waals surface area contributed by atoms with Crippen molar-refractivity contribution in [2.75, 3.05) is 7.05 Å². The van der Waals surface area contributed by atoms with Crippen LogP contribution in [-0.4, -0.2) is 33.9 Å². The van der Waals surface area contributed by atoms with Crippen molar-refractivity contribution in [3.05, 3.63) is 59.2 Å². The van der Waals surface area contributed by atoms with Gasteiger partial charge in [0.15, 0.2) is 0 Å². The zero-order valence-corrected chi connectivity index (χ0v) is 14.2. The highest BCUT2D eigenvalue weighted by Gasteiger charge is 2.11. The summed E-state index contributed by atoms with van der Waals surface area (Å²) in [5.74, 6) is -0.204. The van der Waals surface area contributed by atoms with Gasteiger partial charge in [-0.15, -0.1) is 0 Å². The second kappa shape index (κ2) is 7.83. The average molecular weight is 312 g/mol. The first-order valence-electron chi connectivity index (χ1n) is 7.81. The third-order valence-corrected chi connectivity index (χ3v) is 3.87. The van der Waals surface area contributed by atoms with Gasteiger partial charge in [-0.25, -0.2) is 4.98 Å². The van der Waals surface area contributed by atoms with Crippen LogP contribution in [0.4, 0.5) is 0 Å². The van der Waals surface area contributed by atoms with Crippen molar-refractivity contribution in [1.29, 1.82) is 0 Å². The Hall–Kier alpha value is -2.27. The first-order chi connectivity index (χ1) is 11.0. The number of nitrogens with one attached hydrogen (secondary N) is 1. The van der Waals surface area contributed by atoms with Crippen molar-refractivity contribution < 1.29 is 4.79 Å². The normalized spacial score (nSPS) is 11.0. The number of benzene rings is 1. The molecule has 1 heterocycles. The molecule has 0 spiro atoms. The monoisotopic (exact) mass is 312 g/mol. The summed E-state index contributed by atoms with van der Waals surface area (Å²) in [6.07, 6.45) is 3.10. The zero-order chi connectivity index (χ0) is 16.8. The highest BCUT2D eigenvalue weighted by Crippen LogP contribution is 2.12. The molecule has 0 bridgehead atoms. The Labute approximate surface area is 137 Å². The van der Waals surface area contributed by atoms with Gasteiger partial charge in [0, 0.05) is 25.3 Å². The second-order valence-electron chi connectivity index (χ2n) is 6.00. The van der Waals surface area contributed by atoms with Crippen molar-refractivity contribution in [2.24, 2.45) is 0 Å². The van der Waals surface area contributed by atoms with Gasteiger partial charge in [-0.3, -0.25) is 14.7 Å². The molecule has 0 radical (unpaired) electrons. The van der Waals surface area contributed by atoms with Crippen LogP contribution in [0.1, 0.15) is 41.2 Å². The molecule has 2 aromatic rings. The molecule has 122 valence electrons. The molecule has 5 heteroatoms. The lowest BCUT2D eigenvalue weighted by Crippen LogP contribution is -2.28. The third-order valence-electron chi connectivity index (χ3n) is 3.87. The van der Waals surface area contributed by atoms with Crippen LogP contribution in [-0.2, 0) is 13.1 Å². The molecule has 0 saturated carbocycles. The van der Waals surface area contributed by atoms with Crippen molar-refractivity contribution >= 4 is 5.91 Å². The standard InChI is InChI=1S/C18H24N4O/c1-13(2)22(4)12-16-8-6-5-7-15(16)10-21-18(23)17-11-19-14(3)9-20-17/h5-9,11,13H,10,12H2,1-4H3,(H,21,23). The van der Waals surface area contributed by atoms with Gasteiger partial charge in [-0.2, -0.15) is 0 Å². The van der Waals surface area contributed by atoms with Crippen LogP contribution in [0.25, 0.3) is 0 Å². The molecule has 0 aliphatic rings. The minimum absolute atomic E-state index is 0.204. The number of rotatable bonds is 6. The van der Waals surface area contributed by atoms with Gasteiger partial charge in [0.25, 0.3) is 5.91 Å². The van der Waals surface area contributed by atoms with E-state index in [4.69, 9.17) is 0 Å². The van der Waals surface area contributed by atoms with E-state index in [2.05, 4.69) is 47.1 Å². The summed E-state index contributed by atoms with van der Waals surface area (Å²) in [6.45, 7) is 7.52. The smallest absolute Gasteiger partial charge is 0.271 e. The minimum Gasteiger partial charge on any atom is -0.347 e. The average Bonchev–Trinajstić information content (AvgIpc) is 2.54. The van der Waals surface area contributed by atoms with Crippen molar-refractivity contribution in [1.82, 2.24) is 20.2 Å². The van der Waals surface area contributed by atoms with E-state index in [-0.39, 0.29) is 5.91 Å². The van der Waals surface area contributed by atoms with Gasteiger partial charge in [0.1, 0.15) is 5.69 Å². The van der Waals surface area contributed by atoms with E-state index in [1.165, 1.54) is 11.8 Å². The second-order valence-corrected chi connectivity index (χ2v) is 6.00. The highest BCUT2D eigenvalue weighted by atomic mass is 16.1. The molecule has 2 rings (SSSR count). The summed E-state index contributed by atoms with van der Waals surface area (Å²) in [6, 6.07) is 8.64. The SMILES string of the molecule is Cc1cnc(C(=O)NCc2ccccc2CN(C)C(C)C)cn1. The Kier molecular flexibility index (Phi) is 5.82.